The topological polar surface area (TPSA) is 75.4 Å². The molecule has 1 heterocycles. The van der Waals surface area contributed by atoms with E-state index in [0.29, 0.717) is 26.2 Å². The molecular formula is C6H15N3O2S. The van der Waals surface area contributed by atoms with Gasteiger partial charge in [-0.2, -0.15) is 12.7 Å². The van der Waals surface area contributed by atoms with E-state index in [1.165, 1.54) is 4.31 Å². The first kappa shape index (κ1) is 9.91. The summed E-state index contributed by atoms with van der Waals surface area (Å²) in [5.74, 6) is 0. The van der Waals surface area contributed by atoms with E-state index in [2.05, 4.69) is 4.72 Å². The van der Waals surface area contributed by atoms with Crippen molar-refractivity contribution in [2.24, 2.45) is 5.73 Å². The van der Waals surface area contributed by atoms with Crippen LogP contribution in [0.15, 0.2) is 0 Å². The van der Waals surface area contributed by atoms with Gasteiger partial charge in [-0.3, -0.25) is 0 Å². The van der Waals surface area contributed by atoms with Gasteiger partial charge in [-0.15, -0.1) is 0 Å². The lowest BCUT2D eigenvalue weighted by Crippen LogP contribution is -2.40. The molecule has 0 spiro atoms. The molecule has 0 aromatic rings. The molecule has 12 heavy (non-hydrogen) atoms. The molecule has 1 saturated heterocycles. The lowest BCUT2D eigenvalue weighted by atomic mass is 10.4. The Labute approximate surface area is 73.1 Å². The molecule has 5 nitrogen and oxygen atoms in total. The van der Waals surface area contributed by atoms with Crippen LogP contribution in [0.25, 0.3) is 0 Å². The Morgan fingerprint density at radius 3 is 2.42 bits per heavy atom. The van der Waals surface area contributed by atoms with Crippen LogP contribution in [0, 0.1) is 0 Å². The van der Waals surface area contributed by atoms with Crippen LogP contribution in [0.1, 0.15) is 12.8 Å². The van der Waals surface area contributed by atoms with Crippen molar-refractivity contribution in [2.45, 2.75) is 12.8 Å². The van der Waals surface area contributed by atoms with Gasteiger partial charge in [0.15, 0.2) is 0 Å². The average molecular weight is 193 g/mol. The molecule has 0 aromatic carbocycles. The molecule has 0 atom stereocenters. The van der Waals surface area contributed by atoms with Crippen LogP contribution in [0.5, 0.6) is 0 Å². The second kappa shape index (κ2) is 4.18. The van der Waals surface area contributed by atoms with Crippen LogP contribution in [-0.2, 0) is 10.2 Å². The minimum atomic E-state index is -3.22. The molecule has 0 amide bonds. The minimum absolute atomic E-state index is 0.318. The quantitative estimate of drug-likeness (QED) is 0.593. The monoisotopic (exact) mass is 193 g/mol. The number of nitrogens with one attached hydrogen (secondary N) is 1. The van der Waals surface area contributed by atoms with E-state index in [4.69, 9.17) is 5.73 Å². The third kappa shape index (κ3) is 2.41. The number of rotatable bonds is 4. The fraction of sp³-hybridized carbons (Fsp3) is 1.00. The lowest BCUT2D eigenvalue weighted by molar-refractivity contribution is 0.465. The minimum Gasteiger partial charge on any atom is -0.329 e. The molecule has 0 aliphatic carbocycles. The summed E-state index contributed by atoms with van der Waals surface area (Å²) in [6.07, 6.45) is 1.92. The van der Waals surface area contributed by atoms with Gasteiger partial charge in [-0.1, -0.05) is 0 Å². The summed E-state index contributed by atoms with van der Waals surface area (Å²) in [6, 6.07) is 0. The fourth-order valence-corrected chi connectivity index (χ4v) is 2.50. The van der Waals surface area contributed by atoms with Crippen LogP contribution >= 0.6 is 0 Å². The van der Waals surface area contributed by atoms with E-state index in [9.17, 15) is 8.42 Å². The zero-order valence-corrected chi connectivity index (χ0v) is 7.81. The molecule has 0 aromatic heterocycles. The number of hydrogen-bond donors (Lipinski definition) is 2. The van der Waals surface area contributed by atoms with Crippen molar-refractivity contribution in [1.82, 2.24) is 9.03 Å². The maximum Gasteiger partial charge on any atom is 0.279 e. The first-order valence-corrected chi connectivity index (χ1v) is 5.55. The van der Waals surface area contributed by atoms with Crippen molar-refractivity contribution in [1.29, 1.82) is 0 Å². The van der Waals surface area contributed by atoms with Crippen molar-refractivity contribution in [3.63, 3.8) is 0 Å². The van der Waals surface area contributed by atoms with Gasteiger partial charge in [0.05, 0.1) is 0 Å². The first-order valence-electron chi connectivity index (χ1n) is 4.11. The number of nitrogens with zero attached hydrogens (tertiary/aromatic N) is 1. The zero-order valence-electron chi connectivity index (χ0n) is 6.99. The molecule has 1 fully saturated rings. The summed E-state index contributed by atoms with van der Waals surface area (Å²) < 4.78 is 26.6. The Balaban J connectivity index is 2.46. The van der Waals surface area contributed by atoms with Gasteiger partial charge in [0.25, 0.3) is 10.2 Å². The summed E-state index contributed by atoms with van der Waals surface area (Å²) in [5, 5.41) is 0. The Kier molecular flexibility index (Phi) is 3.45. The van der Waals surface area contributed by atoms with Gasteiger partial charge in [0.1, 0.15) is 0 Å². The Hall–Kier alpha value is -0.170. The van der Waals surface area contributed by atoms with Gasteiger partial charge < -0.3 is 5.73 Å². The maximum absolute atomic E-state index is 11.4. The van der Waals surface area contributed by atoms with Gasteiger partial charge in [0.2, 0.25) is 0 Å². The Morgan fingerprint density at radius 2 is 1.92 bits per heavy atom. The summed E-state index contributed by atoms with van der Waals surface area (Å²) in [4.78, 5) is 0. The summed E-state index contributed by atoms with van der Waals surface area (Å²) in [6.45, 7) is 1.94. The molecule has 0 radical (unpaired) electrons. The highest BCUT2D eigenvalue weighted by molar-refractivity contribution is 7.87. The van der Waals surface area contributed by atoms with Gasteiger partial charge in [-0.05, 0) is 12.8 Å². The maximum atomic E-state index is 11.4. The van der Waals surface area contributed by atoms with E-state index in [1.54, 1.807) is 0 Å². The van der Waals surface area contributed by atoms with Crippen LogP contribution < -0.4 is 10.5 Å². The van der Waals surface area contributed by atoms with Crippen molar-refractivity contribution in [3.05, 3.63) is 0 Å². The number of hydrogen-bond acceptors (Lipinski definition) is 3. The van der Waals surface area contributed by atoms with Gasteiger partial charge in [-0.25, -0.2) is 4.72 Å². The SMILES string of the molecule is NCCNS(=O)(=O)N1CCCC1. The number of nitrogens with two attached hydrogens (primary N) is 1. The second-order valence-electron chi connectivity index (χ2n) is 2.79. The third-order valence-electron chi connectivity index (χ3n) is 1.83. The highest BCUT2D eigenvalue weighted by Crippen LogP contribution is 2.10. The molecule has 0 bridgehead atoms. The van der Waals surface area contributed by atoms with Crippen LogP contribution in [0.3, 0.4) is 0 Å². The van der Waals surface area contributed by atoms with Crippen LogP contribution in [0.4, 0.5) is 0 Å². The van der Waals surface area contributed by atoms with Crippen LogP contribution in [0.2, 0.25) is 0 Å². The molecule has 72 valence electrons. The predicted molar refractivity (Wildman–Crippen MR) is 46.8 cm³/mol. The molecule has 0 unspecified atom stereocenters. The molecule has 1 aliphatic heterocycles. The summed E-state index contributed by atoms with van der Waals surface area (Å²) in [7, 11) is -3.22. The predicted octanol–water partition coefficient (Wildman–Crippen LogP) is -1.12. The normalized spacial score (nSPS) is 20.1. The largest absolute Gasteiger partial charge is 0.329 e. The lowest BCUT2D eigenvalue weighted by Gasteiger charge is -2.15. The fourth-order valence-electron chi connectivity index (χ4n) is 1.21. The van der Waals surface area contributed by atoms with Crippen molar-refractivity contribution in [2.75, 3.05) is 26.2 Å². The third-order valence-corrected chi connectivity index (χ3v) is 3.45. The molecule has 1 rings (SSSR count). The zero-order chi connectivity index (χ0) is 9.03. The molecule has 6 heteroatoms. The standard InChI is InChI=1S/C6H15N3O2S/c7-3-4-8-12(10,11)9-5-1-2-6-9/h8H,1-7H2. The molecule has 3 N–H and O–H groups in total. The van der Waals surface area contributed by atoms with E-state index >= 15 is 0 Å². The summed E-state index contributed by atoms with van der Waals surface area (Å²) >= 11 is 0. The van der Waals surface area contributed by atoms with Crippen molar-refractivity contribution < 1.29 is 8.42 Å². The van der Waals surface area contributed by atoms with Crippen molar-refractivity contribution in [3.8, 4) is 0 Å². The van der Waals surface area contributed by atoms with E-state index in [-0.39, 0.29) is 0 Å². The van der Waals surface area contributed by atoms with E-state index in [0.717, 1.165) is 12.8 Å². The smallest absolute Gasteiger partial charge is 0.279 e. The summed E-state index contributed by atoms with van der Waals surface area (Å²) in [5.41, 5.74) is 5.19. The van der Waals surface area contributed by atoms with Gasteiger partial charge >= 0.3 is 0 Å². The first-order chi connectivity index (χ1) is 5.67. The van der Waals surface area contributed by atoms with E-state index < -0.39 is 10.2 Å². The highest BCUT2D eigenvalue weighted by atomic mass is 32.2. The molecule has 1 aliphatic rings. The second-order valence-corrected chi connectivity index (χ2v) is 4.55. The molecule has 0 saturated carbocycles. The van der Waals surface area contributed by atoms with E-state index in [1.807, 2.05) is 0 Å². The van der Waals surface area contributed by atoms with Crippen LogP contribution in [-0.4, -0.2) is 38.9 Å². The van der Waals surface area contributed by atoms with Gasteiger partial charge in [0, 0.05) is 26.2 Å². The Morgan fingerprint density at radius 1 is 1.33 bits per heavy atom. The average Bonchev–Trinajstić information content (AvgIpc) is 2.53. The Bertz CT molecular complexity index is 221. The highest BCUT2D eigenvalue weighted by Gasteiger charge is 2.23. The van der Waals surface area contributed by atoms with Crippen molar-refractivity contribution >= 4 is 10.2 Å². The molecular weight excluding hydrogens is 178 g/mol.